The van der Waals surface area contributed by atoms with Crippen molar-refractivity contribution in [3.05, 3.63) is 30.3 Å². The molecule has 1 aromatic carbocycles. The number of likely N-dealkylation sites (tertiary alicyclic amines) is 1. The Kier molecular flexibility index (Phi) is 5.75. The standard InChI is InChI=1S/C16H22N2O3/c19-15(17-14-6-2-1-3-7-14)8-10-18-9-4-5-13(12-18)11-16(20)21/h1-3,6-7,13H,4-5,8-12H2,(H,17,19)(H,20,21). The lowest BCUT2D eigenvalue weighted by Crippen LogP contribution is -2.38. The number of nitrogens with zero attached hydrogens (tertiary/aromatic N) is 1. The molecule has 1 aromatic rings. The molecule has 0 saturated carbocycles. The number of anilines is 1. The number of benzene rings is 1. The van der Waals surface area contributed by atoms with Crippen LogP contribution >= 0.6 is 0 Å². The number of piperidine rings is 1. The molecule has 0 spiro atoms. The van der Waals surface area contributed by atoms with Gasteiger partial charge in [-0.05, 0) is 37.4 Å². The third-order valence-corrected chi connectivity index (χ3v) is 3.78. The van der Waals surface area contributed by atoms with Crippen LogP contribution in [-0.4, -0.2) is 41.5 Å². The number of carbonyl (C=O) groups excluding carboxylic acids is 1. The molecule has 1 amide bonds. The number of carboxylic acid groups (broad SMARTS) is 1. The van der Waals surface area contributed by atoms with Crippen molar-refractivity contribution >= 4 is 17.6 Å². The topological polar surface area (TPSA) is 69.6 Å². The second-order valence-corrected chi connectivity index (χ2v) is 5.57. The van der Waals surface area contributed by atoms with Gasteiger partial charge in [0.2, 0.25) is 5.91 Å². The number of carbonyl (C=O) groups is 2. The molecule has 5 nitrogen and oxygen atoms in total. The molecular weight excluding hydrogens is 268 g/mol. The van der Waals surface area contributed by atoms with Crippen molar-refractivity contribution in [3.8, 4) is 0 Å². The third-order valence-electron chi connectivity index (χ3n) is 3.78. The Morgan fingerprint density at radius 2 is 2.05 bits per heavy atom. The lowest BCUT2D eigenvalue weighted by atomic mass is 9.95. The summed E-state index contributed by atoms with van der Waals surface area (Å²) in [5.41, 5.74) is 0.810. The van der Waals surface area contributed by atoms with Gasteiger partial charge in [0.15, 0.2) is 0 Å². The highest BCUT2D eigenvalue weighted by Crippen LogP contribution is 2.19. The van der Waals surface area contributed by atoms with Gasteiger partial charge >= 0.3 is 5.97 Å². The summed E-state index contributed by atoms with van der Waals surface area (Å²) in [5.74, 6) is -0.515. The van der Waals surface area contributed by atoms with Gasteiger partial charge in [-0.1, -0.05) is 18.2 Å². The molecular formula is C16H22N2O3. The highest BCUT2D eigenvalue weighted by molar-refractivity contribution is 5.90. The van der Waals surface area contributed by atoms with Crippen molar-refractivity contribution in [1.29, 1.82) is 0 Å². The van der Waals surface area contributed by atoms with E-state index >= 15 is 0 Å². The second kappa shape index (κ2) is 7.78. The molecule has 1 saturated heterocycles. The van der Waals surface area contributed by atoms with Crippen LogP contribution in [0.25, 0.3) is 0 Å². The minimum Gasteiger partial charge on any atom is -0.481 e. The normalized spacial score (nSPS) is 19.1. The van der Waals surface area contributed by atoms with Gasteiger partial charge in [-0.2, -0.15) is 0 Å². The van der Waals surface area contributed by atoms with Crippen LogP contribution in [0.2, 0.25) is 0 Å². The fraction of sp³-hybridized carbons (Fsp3) is 0.500. The molecule has 1 aliphatic heterocycles. The molecule has 0 aromatic heterocycles. The summed E-state index contributed by atoms with van der Waals surface area (Å²) in [6.07, 6.45) is 2.65. The minimum atomic E-state index is -0.733. The largest absolute Gasteiger partial charge is 0.481 e. The van der Waals surface area contributed by atoms with Crippen LogP contribution in [0.4, 0.5) is 5.69 Å². The van der Waals surface area contributed by atoms with Gasteiger partial charge in [0.25, 0.3) is 0 Å². The van der Waals surface area contributed by atoms with Crippen molar-refractivity contribution in [2.75, 3.05) is 25.0 Å². The molecule has 1 atom stereocenters. The first-order valence-corrected chi connectivity index (χ1v) is 7.42. The van der Waals surface area contributed by atoms with E-state index in [4.69, 9.17) is 5.11 Å². The van der Waals surface area contributed by atoms with E-state index in [1.165, 1.54) is 0 Å². The van der Waals surface area contributed by atoms with Gasteiger partial charge in [0.05, 0.1) is 0 Å². The zero-order chi connectivity index (χ0) is 15.1. The van der Waals surface area contributed by atoms with Crippen LogP contribution in [0.3, 0.4) is 0 Å². The summed E-state index contributed by atoms with van der Waals surface area (Å²) in [6.45, 7) is 2.43. The Hall–Kier alpha value is -1.88. The molecule has 0 aliphatic carbocycles. The smallest absolute Gasteiger partial charge is 0.303 e. The van der Waals surface area contributed by atoms with Crippen molar-refractivity contribution in [1.82, 2.24) is 4.90 Å². The van der Waals surface area contributed by atoms with E-state index in [0.29, 0.717) is 13.0 Å². The summed E-state index contributed by atoms with van der Waals surface area (Å²) in [6, 6.07) is 9.41. The van der Waals surface area contributed by atoms with E-state index in [1.54, 1.807) is 0 Å². The molecule has 0 bridgehead atoms. The van der Waals surface area contributed by atoms with Crippen LogP contribution in [0.15, 0.2) is 30.3 Å². The zero-order valence-electron chi connectivity index (χ0n) is 12.1. The molecule has 5 heteroatoms. The van der Waals surface area contributed by atoms with E-state index in [1.807, 2.05) is 30.3 Å². The molecule has 21 heavy (non-hydrogen) atoms. The van der Waals surface area contributed by atoms with Gasteiger partial charge in [-0.15, -0.1) is 0 Å². The summed E-state index contributed by atoms with van der Waals surface area (Å²) in [7, 11) is 0. The van der Waals surface area contributed by atoms with Crippen molar-refractivity contribution in [3.63, 3.8) is 0 Å². The SMILES string of the molecule is O=C(O)CC1CCCN(CCC(=O)Nc2ccccc2)C1. The number of amides is 1. The zero-order valence-corrected chi connectivity index (χ0v) is 12.1. The number of hydrogen-bond donors (Lipinski definition) is 2. The van der Waals surface area contributed by atoms with Gasteiger partial charge in [-0.3, -0.25) is 9.59 Å². The van der Waals surface area contributed by atoms with Gasteiger partial charge in [0, 0.05) is 31.6 Å². The summed E-state index contributed by atoms with van der Waals surface area (Å²) < 4.78 is 0. The fourth-order valence-electron chi connectivity index (χ4n) is 2.77. The van der Waals surface area contributed by atoms with Crippen molar-refractivity contribution in [2.45, 2.75) is 25.7 Å². The van der Waals surface area contributed by atoms with Gasteiger partial charge < -0.3 is 15.3 Å². The summed E-state index contributed by atoms with van der Waals surface area (Å²) in [5, 5.41) is 11.7. The van der Waals surface area contributed by atoms with Crippen molar-refractivity contribution < 1.29 is 14.7 Å². The Morgan fingerprint density at radius 1 is 1.29 bits per heavy atom. The quantitative estimate of drug-likeness (QED) is 0.842. The molecule has 2 rings (SSSR count). The van der Waals surface area contributed by atoms with E-state index in [-0.39, 0.29) is 18.2 Å². The third kappa shape index (κ3) is 5.55. The van der Waals surface area contributed by atoms with Crippen LogP contribution in [0.1, 0.15) is 25.7 Å². The highest BCUT2D eigenvalue weighted by Gasteiger charge is 2.22. The number of hydrogen-bond acceptors (Lipinski definition) is 3. The van der Waals surface area contributed by atoms with Crippen LogP contribution in [-0.2, 0) is 9.59 Å². The number of carboxylic acids is 1. The predicted molar refractivity (Wildman–Crippen MR) is 81.1 cm³/mol. The maximum atomic E-state index is 11.9. The van der Waals surface area contributed by atoms with E-state index in [2.05, 4.69) is 10.2 Å². The van der Waals surface area contributed by atoms with Crippen LogP contribution in [0.5, 0.6) is 0 Å². The Bertz CT molecular complexity index is 476. The summed E-state index contributed by atoms with van der Waals surface area (Å²) in [4.78, 5) is 24.8. The number of rotatable bonds is 6. The van der Waals surface area contributed by atoms with E-state index < -0.39 is 5.97 Å². The summed E-state index contributed by atoms with van der Waals surface area (Å²) >= 11 is 0. The molecule has 0 radical (unpaired) electrons. The van der Waals surface area contributed by atoms with Crippen LogP contribution < -0.4 is 5.32 Å². The maximum Gasteiger partial charge on any atom is 0.303 e. The molecule has 114 valence electrons. The maximum absolute atomic E-state index is 11.9. The molecule has 2 N–H and O–H groups in total. The molecule has 1 unspecified atom stereocenters. The minimum absolute atomic E-state index is 0.00144. The Balaban J connectivity index is 1.72. The predicted octanol–water partition coefficient (Wildman–Crippen LogP) is 2.20. The van der Waals surface area contributed by atoms with Crippen molar-refractivity contribution in [2.24, 2.45) is 5.92 Å². The first-order valence-electron chi connectivity index (χ1n) is 7.42. The first kappa shape index (κ1) is 15.5. The average Bonchev–Trinajstić information content (AvgIpc) is 2.46. The van der Waals surface area contributed by atoms with Crippen LogP contribution in [0, 0.1) is 5.92 Å². The molecule has 1 heterocycles. The Labute approximate surface area is 125 Å². The Morgan fingerprint density at radius 3 is 2.76 bits per heavy atom. The number of para-hydroxylation sites is 1. The lowest BCUT2D eigenvalue weighted by Gasteiger charge is -2.31. The molecule has 1 aliphatic rings. The second-order valence-electron chi connectivity index (χ2n) is 5.57. The average molecular weight is 290 g/mol. The van der Waals surface area contributed by atoms with Gasteiger partial charge in [-0.25, -0.2) is 0 Å². The number of nitrogens with one attached hydrogen (secondary N) is 1. The highest BCUT2D eigenvalue weighted by atomic mass is 16.4. The van der Waals surface area contributed by atoms with E-state index in [0.717, 1.165) is 31.6 Å². The lowest BCUT2D eigenvalue weighted by molar-refractivity contribution is -0.138. The number of aliphatic carboxylic acids is 1. The first-order chi connectivity index (χ1) is 10.1. The molecule has 1 fully saturated rings. The monoisotopic (exact) mass is 290 g/mol. The fourth-order valence-corrected chi connectivity index (χ4v) is 2.77. The van der Waals surface area contributed by atoms with Gasteiger partial charge in [0.1, 0.15) is 0 Å². The van der Waals surface area contributed by atoms with E-state index in [9.17, 15) is 9.59 Å².